The maximum atomic E-state index is 14.0. The molecule has 1 nitrogen and oxygen atoms in total. The van der Waals surface area contributed by atoms with Gasteiger partial charge in [0.2, 0.25) is 0 Å². The van der Waals surface area contributed by atoms with Gasteiger partial charge in [0.25, 0.3) is 0 Å². The van der Waals surface area contributed by atoms with E-state index in [9.17, 15) is 8.78 Å². The monoisotopic (exact) mass is 295 g/mol. The van der Waals surface area contributed by atoms with Crippen molar-refractivity contribution in [2.45, 2.75) is 27.2 Å². The third kappa shape index (κ3) is 3.97. The number of allylic oxidation sites excluding steroid dienone is 4. The van der Waals surface area contributed by atoms with E-state index in [2.05, 4.69) is 6.58 Å². The molecule has 0 bridgehead atoms. The van der Waals surface area contributed by atoms with Crippen molar-refractivity contribution in [1.29, 1.82) is 0 Å². The zero-order valence-electron chi connectivity index (χ0n) is 12.0. The molecule has 0 fully saturated rings. The van der Waals surface area contributed by atoms with Gasteiger partial charge in [-0.15, -0.1) is 0 Å². The number of halogens is 2. The molecule has 0 spiro atoms. The minimum atomic E-state index is -0.592. The summed E-state index contributed by atoms with van der Waals surface area (Å²) >= 11 is 1.33. The summed E-state index contributed by atoms with van der Waals surface area (Å²) in [6.07, 6.45) is 2.43. The molecule has 0 heterocycles. The Morgan fingerprint density at radius 2 is 1.85 bits per heavy atom. The van der Waals surface area contributed by atoms with E-state index in [0.717, 1.165) is 4.91 Å². The van der Waals surface area contributed by atoms with Crippen LogP contribution < -0.4 is 5.73 Å². The molecule has 0 aliphatic heterocycles. The Bertz CT molecular complexity index is 550. The summed E-state index contributed by atoms with van der Waals surface area (Å²) in [6.45, 7) is 9.27. The lowest BCUT2D eigenvalue weighted by Crippen LogP contribution is -2.02. The molecule has 0 amide bonds. The molecule has 0 radical (unpaired) electrons. The van der Waals surface area contributed by atoms with Gasteiger partial charge in [0.05, 0.1) is 5.56 Å². The highest BCUT2D eigenvalue weighted by Crippen LogP contribution is 2.38. The Kier molecular flexibility index (Phi) is 6.02. The molecule has 0 aliphatic carbocycles. The first-order valence-corrected chi connectivity index (χ1v) is 7.14. The van der Waals surface area contributed by atoms with E-state index in [1.807, 2.05) is 13.8 Å². The van der Waals surface area contributed by atoms with Gasteiger partial charge in [-0.05, 0) is 42.9 Å². The summed E-state index contributed by atoms with van der Waals surface area (Å²) in [4.78, 5) is 1.45. The minimum Gasteiger partial charge on any atom is -0.401 e. The minimum absolute atomic E-state index is 0.0390. The van der Waals surface area contributed by atoms with Gasteiger partial charge in [-0.25, -0.2) is 8.78 Å². The third-order valence-corrected chi connectivity index (χ3v) is 3.61. The average molecular weight is 295 g/mol. The normalized spacial score (nSPS) is 13.2. The first-order chi connectivity index (χ1) is 9.38. The van der Waals surface area contributed by atoms with Gasteiger partial charge in [-0.3, -0.25) is 0 Å². The van der Waals surface area contributed by atoms with E-state index in [-0.39, 0.29) is 5.56 Å². The Morgan fingerprint density at radius 3 is 2.25 bits per heavy atom. The summed E-state index contributed by atoms with van der Waals surface area (Å²) in [5.74, 6) is -1.18. The molecule has 0 saturated carbocycles. The van der Waals surface area contributed by atoms with Crippen molar-refractivity contribution in [2.75, 3.05) is 0 Å². The number of benzene rings is 1. The van der Waals surface area contributed by atoms with Gasteiger partial charge < -0.3 is 5.73 Å². The fraction of sp³-hybridized carbons (Fsp3) is 0.250. The van der Waals surface area contributed by atoms with Crippen LogP contribution in [-0.2, 0) is 0 Å². The number of hydrogen-bond donors (Lipinski definition) is 1. The summed E-state index contributed by atoms with van der Waals surface area (Å²) < 4.78 is 28.0. The number of thioether (sulfide) groups is 1. The first-order valence-electron chi connectivity index (χ1n) is 6.33. The van der Waals surface area contributed by atoms with Crippen LogP contribution >= 0.6 is 11.8 Å². The summed E-state index contributed by atoms with van der Waals surface area (Å²) in [6, 6.07) is 3.84. The fourth-order valence-corrected chi connectivity index (χ4v) is 2.59. The molecular formula is C16H19F2NS. The van der Waals surface area contributed by atoms with Crippen molar-refractivity contribution in [3.8, 4) is 0 Å². The van der Waals surface area contributed by atoms with E-state index >= 15 is 0 Å². The SMILES string of the molecule is C=C(C)S/C(C(=CCC)c1c(F)cccc1F)=C(\C)N. The molecule has 1 aromatic rings. The quantitative estimate of drug-likeness (QED) is 0.754. The topological polar surface area (TPSA) is 26.0 Å². The van der Waals surface area contributed by atoms with Crippen molar-refractivity contribution in [3.63, 3.8) is 0 Å². The number of nitrogens with two attached hydrogens (primary N) is 1. The van der Waals surface area contributed by atoms with Gasteiger partial charge in [0.15, 0.2) is 0 Å². The molecule has 0 saturated heterocycles. The van der Waals surface area contributed by atoms with Crippen LogP contribution in [0.5, 0.6) is 0 Å². The summed E-state index contributed by atoms with van der Waals surface area (Å²) in [7, 11) is 0. The smallest absolute Gasteiger partial charge is 0.134 e. The summed E-state index contributed by atoms with van der Waals surface area (Å²) in [5, 5.41) is 0. The van der Waals surface area contributed by atoms with E-state index in [1.165, 1.54) is 30.0 Å². The maximum Gasteiger partial charge on any atom is 0.134 e. The van der Waals surface area contributed by atoms with Crippen molar-refractivity contribution in [2.24, 2.45) is 5.73 Å². The highest BCUT2D eigenvalue weighted by molar-refractivity contribution is 8.07. The maximum absolute atomic E-state index is 14.0. The van der Waals surface area contributed by atoms with Gasteiger partial charge in [-0.1, -0.05) is 37.4 Å². The highest BCUT2D eigenvalue weighted by atomic mass is 32.2. The molecule has 0 atom stereocenters. The molecular weight excluding hydrogens is 276 g/mol. The van der Waals surface area contributed by atoms with Gasteiger partial charge >= 0.3 is 0 Å². The Balaban J connectivity index is 3.49. The zero-order valence-corrected chi connectivity index (χ0v) is 12.8. The lowest BCUT2D eigenvalue weighted by atomic mass is 10.0. The van der Waals surface area contributed by atoms with Gasteiger partial charge in [-0.2, -0.15) is 0 Å². The predicted molar refractivity (Wildman–Crippen MR) is 83.9 cm³/mol. The molecule has 108 valence electrons. The largest absolute Gasteiger partial charge is 0.401 e. The van der Waals surface area contributed by atoms with Gasteiger partial charge in [0, 0.05) is 10.6 Å². The Morgan fingerprint density at radius 1 is 1.30 bits per heavy atom. The average Bonchev–Trinajstić information content (AvgIpc) is 2.34. The lowest BCUT2D eigenvalue weighted by Gasteiger charge is -2.15. The van der Waals surface area contributed by atoms with Crippen LogP contribution in [0.1, 0.15) is 32.8 Å². The molecule has 0 aromatic heterocycles. The van der Waals surface area contributed by atoms with E-state index in [4.69, 9.17) is 5.73 Å². The Hall–Kier alpha value is -1.55. The molecule has 0 aliphatic rings. The van der Waals surface area contributed by atoms with E-state index in [0.29, 0.717) is 22.6 Å². The van der Waals surface area contributed by atoms with Crippen LogP contribution in [0.15, 0.2) is 46.4 Å². The van der Waals surface area contributed by atoms with Crippen LogP contribution in [-0.4, -0.2) is 0 Å². The number of rotatable bonds is 5. The molecule has 1 rings (SSSR count). The number of hydrogen-bond acceptors (Lipinski definition) is 2. The molecule has 4 heteroatoms. The van der Waals surface area contributed by atoms with Crippen molar-refractivity contribution in [1.82, 2.24) is 0 Å². The molecule has 0 unspecified atom stereocenters. The van der Waals surface area contributed by atoms with Crippen LogP contribution in [0.4, 0.5) is 8.78 Å². The second-order valence-corrected chi connectivity index (χ2v) is 5.75. The zero-order chi connectivity index (χ0) is 15.3. The van der Waals surface area contributed by atoms with Crippen molar-refractivity contribution < 1.29 is 8.78 Å². The molecule has 2 N–H and O–H groups in total. The molecule has 20 heavy (non-hydrogen) atoms. The lowest BCUT2D eigenvalue weighted by molar-refractivity contribution is 0.577. The van der Waals surface area contributed by atoms with Crippen LogP contribution in [0.25, 0.3) is 5.57 Å². The fourth-order valence-electron chi connectivity index (χ4n) is 1.79. The van der Waals surface area contributed by atoms with Crippen LogP contribution in [0.2, 0.25) is 0 Å². The standard InChI is InChI=1S/C16H19F2NS/c1-5-7-12(16(11(4)19)20-10(2)3)15-13(17)8-6-9-14(15)18/h6-9H,2,5,19H2,1,3-4H3/b12-7?,16-11+. The highest BCUT2D eigenvalue weighted by Gasteiger charge is 2.18. The second kappa shape index (κ2) is 7.29. The van der Waals surface area contributed by atoms with Crippen molar-refractivity contribution in [3.05, 3.63) is 63.6 Å². The van der Waals surface area contributed by atoms with E-state index in [1.54, 1.807) is 13.0 Å². The predicted octanol–water partition coefficient (Wildman–Crippen LogP) is 5.22. The third-order valence-electron chi connectivity index (χ3n) is 2.52. The van der Waals surface area contributed by atoms with Crippen LogP contribution in [0, 0.1) is 11.6 Å². The van der Waals surface area contributed by atoms with E-state index < -0.39 is 11.6 Å². The van der Waals surface area contributed by atoms with Crippen LogP contribution in [0.3, 0.4) is 0 Å². The van der Waals surface area contributed by atoms with Gasteiger partial charge in [0.1, 0.15) is 11.6 Å². The molecule has 1 aromatic carbocycles. The Labute approximate surface area is 123 Å². The van der Waals surface area contributed by atoms with Crippen molar-refractivity contribution >= 4 is 17.3 Å². The second-order valence-electron chi connectivity index (χ2n) is 4.44. The summed E-state index contributed by atoms with van der Waals surface area (Å²) in [5.41, 5.74) is 6.84. The first kappa shape index (κ1) is 16.5.